The van der Waals surface area contributed by atoms with Gasteiger partial charge in [-0.15, -0.1) is 0 Å². The highest BCUT2D eigenvalue weighted by Gasteiger charge is 2.47. The van der Waals surface area contributed by atoms with Crippen LogP contribution >= 0.6 is 0 Å². The molecule has 9 heteroatoms. The Morgan fingerprint density at radius 2 is 1.39 bits per heavy atom. The summed E-state index contributed by atoms with van der Waals surface area (Å²) in [5.41, 5.74) is -1.46. The van der Waals surface area contributed by atoms with E-state index in [1.807, 2.05) is 33.9 Å². The fraction of sp³-hybridized carbons (Fsp3) is 0.636. The quantitative estimate of drug-likeness (QED) is 0.299. The molecule has 1 aromatic carbocycles. The Bertz CT molecular complexity index is 774. The molecule has 0 radical (unpaired) electrons. The molecule has 0 N–H and O–H groups in total. The van der Waals surface area contributed by atoms with E-state index < -0.39 is 49.6 Å². The van der Waals surface area contributed by atoms with E-state index in [2.05, 4.69) is 0 Å². The van der Waals surface area contributed by atoms with Crippen molar-refractivity contribution in [3.63, 3.8) is 0 Å². The van der Waals surface area contributed by atoms with Crippen molar-refractivity contribution in [3.05, 3.63) is 35.4 Å². The van der Waals surface area contributed by atoms with Gasteiger partial charge in [0.25, 0.3) is 0 Å². The summed E-state index contributed by atoms with van der Waals surface area (Å²) in [6.45, 7) is 14.7. The molecule has 0 amide bonds. The predicted octanol–water partition coefficient (Wildman–Crippen LogP) is 5.90. The lowest BCUT2D eigenvalue weighted by molar-refractivity contribution is -0.173. The molecule has 1 aromatic rings. The highest BCUT2D eigenvalue weighted by Crippen LogP contribution is 2.43. The van der Waals surface area contributed by atoms with Crippen LogP contribution in [0.15, 0.2) is 24.3 Å². The molecule has 31 heavy (non-hydrogen) atoms. The van der Waals surface area contributed by atoms with Crippen LogP contribution in [-0.4, -0.2) is 33.0 Å². The Kier molecular flexibility index (Phi) is 8.17. The van der Waals surface area contributed by atoms with Gasteiger partial charge in [0.15, 0.2) is 14.2 Å². The molecule has 0 heterocycles. The third-order valence-electron chi connectivity index (χ3n) is 5.21. The molecule has 0 aliphatic heterocycles. The zero-order valence-electron chi connectivity index (χ0n) is 19.6. The second-order valence-electron chi connectivity index (χ2n) is 9.95. The Hall–Kier alpha value is -1.87. The van der Waals surface area contributed by atoms with Crippen LogP contribution in [0, 0.1) is 5.92 Å². The van der Waals surface area contributed by atoms with E-state index in [4.69, 9.17) is 13.9 Å². The molecule has 0 bridgehead atoms. The lowest BCUT2D eigenvalue weighted by Crippen LogP contribution is -2.46. The molecule has 0 spiro atoms. The summed E-state index contributed by atoms with van der Waals surface area (Å²) >= 11 is 0. The van der Waals surface area contributed by atoms with E-state index in [1.54, 1.807) is 20.8 Å². The lowest BCUT2D eigenvalue weighted by Gasteiger charge is -2.41. The zero-order valence-corrected chi connectivity index (χ0v) is 20.6. The molecule has 0 saturated carbocycles. The van der Waals surface area contributed by atoms with Crippen molar-refractivity contribution >= 4 is 20.3 Å². The average Bonchev–Trinajstić information content (AvgIpc) is 2.57. The van der Waals surface area contributed by atoms with E-state index in [0.29, 0.717) is 0 Å². The minimum Gasteiger partial charge on any atom is -0.468 e. The number of hydrogen-bond acceptors (Lipinski definition) is 5. The van der Waals surface area contributed by atoms with E-state index in [1.165, 1.54) is 12.1 Å². The molecule has 0 aliphatic carbocycles. The van der Waals surface area contributed by atoms with Crippen molar-refractivity contribution in [2.75, 3.05) is 7.11 Å². The molecular weight excluding hydrogens is 429 g/mol. The summed E-state index contributed by atoms with van der Waals surface area (Å²) in [5.74, 6) is -3.23. The molecule has 1 rings (SSSR count). The first-order chi connectivity index (χ1) is 13.8. The summed E-state index contributed by atoms with van der Waals surface area (Å²) < 4.78 is 55.7. The monoisotopic (exact) mass is 462 g/mol. The topological polar surface area (TPSA) is 61.8 Å². The lowest BCUT2D eigenvalue weighted by atomic mass is 9.94. The fourth-order valence-electron chi connectivity index (χ4n) is 2.52. The molecule has 5 nitrogen and oxygen atoms in total. The van der Waals surface area contributed by atoms with Crippen LogP contribution in [0.4, 0.5) is 13.2 Å². The third-order valence-corrected chi connectivity index (χ3v) is 9.67. The summed E-state index contributed by atoms with van der Waals surface area (Å²) in [7, 11) is -1.43. The van der Waals surface area contributed by atoms with Crippen LogP contribution in [0.3, 0.4) is 0 Å². The highest BCUT2D eigenvalue weighted by molar-refractivity contribution is 6.74. The first kappa shape index (κ1) is 27.2. The number of rotatable bonds is 6. The van der Waals surface area contributed by atoms with E-state index in [-0.39, 0.29) is 10.6 Å². The Morgan fingerprint density at radius 3 is 1.74 bits per heavy atom. The van der Waals surface area contributed by atoms with Crippen molar-refractivity contribution in [2.24, 2.45) is 5.92 Å². The minimum absolute atomic E-state index is 0.263. The largest absolute Gasteiger partial charge is 0.468 e. The van der Waals surface area contributed by atoms with Gasteiger partial charge < -0.3 is 13.9 Å². The van der Waals surface area contributed by atoms with Gasteiger partial charge in [-0.25, -0.2) is 0 Å². The van der Waals surface area contributed by atoms with Crippen LogP contribution in [-0.2, 0) is 29.7 Å². The van der Waals surface area contributed by atoms with E-state index in [9.17, 15) is 22.8 Å². The molecule has 0 saturated heterocycles. The number of carbonyl (C=O) groups excluding carboxylic acids is 2. The van der Waals surface area contributed by atoms with Crippen LogP contribution in [0.5, 0.6) is 0 Å². The smallest absolute Gasteiger partial charge is 0.416 e. The molecular formula is C22H33F3O5Si. The summed E-state index contributed by atoms with van der Waals surface area (Å²) in [5, 5.41) is -0.286. The number of esters is 2. The van der Waals surface area contributed by atoms with Crippen molar-refractivity contribution in [2.45, 2.75) is 77.6 Å². The number of methoxy groups -OCH3 is 1. The number of benzene rings is 1. The second-order valence-corrected chi connectivity index (χ2v) is 14.7. The Labute approximate surface area is 183 Å². The fourth-order valence-corrected chi connectivity index (χ4v) is 3.78. The highest BCUT2D eigenvalue weighted by atomic mass is 28.4. The zero-order chi connectivity index (χ0) is 24.4. The summed E-state index contributed by atoms with van der Waals surface area (Å²) in [4.78, 5) is 25.6. The average molecular weight is 463 g/mol. The Balaban J connectivity index is 3.57. The maximum absolute atomic E-state index is 13.0. The van der Waals surface area contributed by atoms with Crippen LogP contribution in [0.1, 0.15) is 58.8 Å². The van der Waals surface area contributed by atoms with Gasteiger partial charge in [-0.1, -0.05) is 32.9 Å². The number of carbonyl (C=O) groups is 2. The van der Waals surface area contributed by atoms with Gasteiger partial charge in [-0.05, 0) is 56.6 Å². The van der Waals surface area contributed by atoms with Crippen LogP contribution in [0.2, 0.25) is 18.1 Å². The molecule has 2 atom stereocenters. The van der Waals surface area contributed by atoms with Gasteiger partial charge in [-0.3, -0.25) is 9.59 Å². The van der Waals surface area contributed by atoms with Gasteiger partial charge >= 0.3 is 18.1 Å². The van der Waals surface area contributed by atoms with Gasteiger partial charge in [0.05, 0.1) is 18.8 Å². The van der Waals surface area contributed by atoms with Crippen molar-refractivity contribution in [1.82, 2.24) is 0 Å². The molecule has 0 aromatic heterocycles. The standard InChI is InChI=1S/C22H33F3O5Si/c1-20(2,3)29-19(27)16(18(26)28-7)17(30-31(8,9)21(4,5)6)14-10-12-15(13-11-14)22(23,24)25/h10-13,16-17H,1-9H3/t16-,17+/m0/s1. The van der Waals surface area contributed by atoms with Gasteiger partial charge in [-0.2, -0.15) is 13.2 Å². The first-order valence-electron chi connectivity index (χ1n) is 9.96. The van der Waals surface area contributed by atoms with Crippen molar-refractivity contribution in [1.29, 1.82) is 0 Å². The first-order valence-corrected chi connectivity index (χ1v) is 12.9. The maximum Gasteiger partial charge on any atom is 0.416 e. The predicted molar refractivity (Wildman–Crippen MR) is 114 cm³/mol. The summed E-state index contributed by atoms with van der Waals surface area (Å²) in [6.07, 6.45) is -5.67. The minimum atomic E-state index is -4.51. The molecule has 176 valence electrons. The molecule has 0 fully saturated rings. The number of ether oxygens (including phenoxy) is 2. The van der Waals surface area contributed by atoms with Crippen LogP contribution in [0.25, 0.3) is 0 Å². The number of hydrogen-bond donors (Lipinski definition) is 0. The van der Waals surface area contributed by atoms with Gasteiger partial charge in [0.1, 0.15) is 5.60 Å². The van der Waals surface area contributed by atoms with E-state index in [0.717, 1.165) is 19.2 Å². The van der Waals surface area contributed by atoms with Gasteiger partial charge in [0, 0.05) is 0 Å². The second kappa shape index (κ2) is 9.32. The molecule has 0 unspecified atom stereocenters. The van der Waals surface area contributed by atoms with E-state index >= 15 is 0 Å². The summed E-state index contributed by atoms with van der Waals surface area (Å²) in [6, 6.07) is 4.25. The Morgan fingerprint density at radius 1 is 0.903 bits per heavy atom. The SMILES string of the molecule is COC(=O)[C@@H](C(=O)OC(C)(C)C)[C@H](O[Si](C)(C)C(C)(C)C)c1ccc(C(F)(F)F)cc1. The molecule has 0 aliphatic rings. The van der Waals surface area contributed by atoms with Gasteiger partial charge in [0.2, 0.25) is 0 Å². The number of alkyl halides is 3. The van der Waals surface area contributed by atoms with Crippen molar-refractivity contribution in [3.8, 4) is 0 Å². The number of halogens is 3. The van der Waals surface area contributed by atoms with Crippen molar-refractivity contribution < 1.29 is 36.7 Å². The van der Waals surface area contributed by atoms with Crippen LogP contribution < -0.4 is 0 Å². The third kappa shape index (κ3) is 7.35. The normalized spacial score (nSPS) is 15.2. The maximum atomic E-state index is 13.0.